The van der Waals surface area contributed by atoms with Crippen LogP contribution in [0.2, 0.25) is 0 Å². The number of piperidine rings is 1. The van der Waals surface area contributed by atoms with E-state index < -0.39 is 5.60 Å². The lowest BCUT2D eigenvalue weighted by Gasteiger charge is -2.39. The van der Waals surface area contributed by atoms with Gasteiger partial charge in [-0.25, -0.2) is 4.79 Å². The van der Waals surface area contributed by atoms with Crippen LogP contribution in [0, 0.1) is 5.92 Å². The second kappa shape index (κ2) is 4.72. The van der Waals surface area contributed by atoms with Gasteiger partial charge in [-0.15, -0.1) is 0 Å². The average Bonchev–Trinajstić information content (AvgIpc) is 2.58. The third-order valence-corrected chi connectivity index (χ3v) is 3.72. The van der Waals surface area contributed by atoms with E-state index in [0.29, 0.717) is 5.92 Å². The molecular weight excluding hydrogens is 230 g/mol. The van der Waals surface area contributed by atoms with Crippen LogP contribution < -0.4 is 0 Å². The van der Waals surface area contributed by atoms with Crippen molar-refractivity contribution in [3.05, 3.63) is 0 Å². The lowest BCUT2D eigenvalue weighted by atomic mass is 9.86. The molecule has 0 unspecified atom stereocenters. The van der Waals surface area contributed by atoms with Crippen LogP contribution >= 0.6 is 0 Å². The first kappa shape index (κ1) is 13.7. The Morgan fingerprint density at radius 3 is 2.39 bits per heavy atom. The molecule has 1 amide bonds. The molecular formula is C14H25NO3. The van der Waals surface area contributed by atoms with Crippen molar-refractivity contribution in [2.45, 2.75) is 58.2 Å². The van der Waals surface area contributed by atoms with Crippen LogP contribution in [0.15, 0.2) is 0 Å². The zero-order valence-electron chi connectivity index (χ0n) is 12.0. The van der Waals surface area contributed by atoms with Gasteiger partial charge >= 0.3 is 6.09 Å². The highest BCUT2D eigenvalue weighted by molar-refractivity contribution is 5.68. The number of hydrogen-bond acceptors (Lipinski definition) is 3. The Labute approximate surface area is 110 Å². The molecule has 2 aliphatic heterocycles. The predicted molar refractivity (Wildman–Crippen MR) is 69.5 cm³/mol. The van der Waals surface area contributed by atoms with Crippen molar-refractivity contribution in [2.24, 2.45) is 5.92 Å². The van der Waals surface area contributed by atoms with Gasteiger partial charge in [0.2, 0.25) is 0 Å². The van der Waals surface area contributed by atoms with Crippen LogP contribution in [-0.2, 0) is 9.47 Å². The Morgan fingerprint density at radius 1 is 1.33 bits per heavy atom. The summed E-state index contributed by atoms with van der Waals surface area (Å²) in [5.74, 6) is 0.651. The predicted octanol–water partition coefficient (Wildman–Crippen LogP) is 2.81. The quantitative estimate of drug-likeness (QED) is 0.668. The Morgan fingerprint density at radius 2 is 1.94 bits per heavy atom. The van der Waals surface area contributed by atoms with Crippen molar-refractivity contribution in [3.8, 4) is 0 Å². The summed E-state index contributed by atoms with van der Waals surface area (Å²) < 4.78 is 11.3. The summed E-state index contributed by atoms with van der Waals surface area (Å²) in [6.45, 7) is 10.3. The second-order valence-electron chi connectivity index (χ2n) is 6.77. The molecule has 2 aliphatic rings. The first-order valence-corrected chi connectivity index (χ1v) is 6.92. The van der Waals surface area contributed by atoms with Gasteiger partial charge < -0.3 is 14.4 Å². The number of ether oxygens (including phenoxy) is 2. The number of carbonyl (C=O) groups is 1. The Kier molecular flexibility index (Phi) is 3.58. The van der Waals surface area contributed by atoms with E-state index in [1.165, 1.54) is 0 Å². The van der Waals surface area contributed by atoms with Gasteiger partial charge in [0, 0.05) is 19.7 Å². The Bertz CT molecular complexity index is 313. The van der Waals surface area contributed by atoms with Crippen LogP contribution in [0.5, 0.6) is 0 Å². The minimum Gasteiger partial charge on any atom is -0.444 e. The molecule has 104 valence electrons. The molecule has 0 aromatic rings. The van der Waals surface area contributed by atoms with E-state index in [1.807, 2.05) is 25.7 Å². The van der Waals surface area contributed by atoms with E-state index in [1.54, 1.807) is 0 Å². The number of hydrogen-bond donors (Lipinski definition) is 0. The fourth-order valence-corrected chi connectivity index (χ4v) is 2.84. The summed E-state index contributed by atoms with van der Waals surface area (Å²) in [4.78, 5) is 13.8. The van der Waals surface area contributed by atoms with Crippen molar-refractivity contribution >= 4 is 6.09 Å². The summed E-state index contributed by atoms with van der Waals surface area (Å²) in [5, 5.41) is 0. The van der Waals surface area contributed by atoms with E-state index >= 15 is 0 Å². The van der Waals surface area contributed by atoms with Gasteiger partial charge in [-0.3, -0.25) is 0 Å². The third-order valence-electron chi connectivity index (χ3n) is 3.72. The summed E-state index contributed by atoms with van der Waals surface area (Å²) in [5.41, 5.74) is -0.373. The maximum atomic E-state index is 11.9. The zero-order valence-corrected chi connectivity index (χ0v) is 12.0. The second-order valence-corrected chi connectivity index (χ2v) is 6.77. The smallest absolute Gasteiger partial charge is 0.410 e. The van der Waals surface area contributed by atoms with E-state index in [-0.39, 0.29) is 11.7 Å². The number of nitrogens with zero attached hydrogens (tertiary/aromatic N) is 1. The lowest BCUT2D eigenvalue weighted by molar-refractivity contribution is -0.0486. The number of rotatable bonds is 0. The molecule has 2 fully saturated rings. The van der Waals surface area contributed by atoms with Gasteiger partial charge in [0.1, 0.15) is 5.60 Å². The first-order valence-electron chi connectivity index (χ1n) is 6.92. The molecule has 0 aromatic carbocycles. The van der Waals surface area contributed by atoms with Crippen molar-refractivity contribution in [2.75, 3.05) is 19.7 Å². The third kappa shape index (κ3) is 3.16. The molecule has 4 heteroatoms. The molecule has 0 radical (unpaired) electrons. The number of amides is 1. The zero-order chi connectivity index (χ0) is 13.4. The standard InChI is InChI=1S/C14H25NO3/c1-11-9-14(17-10-11)5-7-15(8-6-14)12(16)18-13(2,3)4/h11H,5-10H2,1-4H3/t11-/m1/s1. The summed E-state index contributed by atoms with van der Waals surface area (Å²) in [6, 6.07) is 0. The molecule has 4 nitrogen and oxygen atoms in total. The largest absolute Gasteiger partial charge is 0.444 e. The van der Waals surface area contributed by atoms with Crippen molar-refractivity contribution in [1.82, 2.24) is 4.90 Å². The van der Waals surface area contributed by atoms with E-state index in [9.17, 15) is 4.79 Å². The van der Waals surface area contributed by atoms with Crippen molar-refractivity contribution in [1.29, 1.82) is 0 Å². The van der Waals surface area contributed by atoms with Gasteiger partial charge in [0.05, 0.1) is 5.60 Å². The summed E-state index contributed by atoms with van der Waals surface area (Å²) in [6.07, 6.45) is 2.82. The number of carbonyl (C=O) groups excluding carboxylic acids is 1. The van der Waals surface area contributed by atoms with Crippen LogP contribution in [0.1, 0.15) is 47.0 Å². The van der Waals surface area contributed by atoms with E-state index in [4.69, 9.17) is 9.47 Å². The van der Waals surface area contributed by atoms with Crippen molar-refractivity contribution < 1.29 is 14.3 Å². The minimum absolute atomic E-state index is 0.0396. The highest BCUT2D eigenvalue weighted by Gasteiger charge is 2.42. The molecule has 0 saturated carbocycles. The molecule has 0 aliphatic carbocycles. The highest BCUT2D eigenvalue weighted by atomic mass is 16.6. The normalized spacial score (nSPS) is 27.6. The SMILES string of the molecule is C[C@H]1COC2(CCN(C(=O)OC(C)(C)C)CC2)C1. The molecule has 1 spiro atoms. The molecule has 2 saturated heterocycles. The topological polar surface area (TPSA) is 38.8 Å². The molecule has 18 heavy (non-hydrogen) atoms. The molecule has 0 aromatic heterocycles. The maximum Gasteiger partial charge on any atom is 0.410 e. The Balaban J connectivity index is 1.85. The fourth-order valence-electron chi connectivity index (χ4n) is 2.84. The monoisotopic (exact) mass is 255 g/mol. The van der Waals surface area contributed by atoms with Gasteiger partial charge in [-0.05, 0) is 46.0 Å². The van der Waals surface area contributed by atoms with Gasteiger partial charge in [-0.1, -0.05) is 6.92 Å². The van der Waals surface area contributed by atoms with Crippen LogP contribution in [0.4, 0.5) is 4.79 Å². The summed E-state index contributed by atoms with van der Waals surface area (Å²) >= 11 is 0. The van der Waals surface area contributed by atoms with Crippen LogP contribution in [0.3, 0.4) is 0 Å². The molecule has 2 heterocycles. The first-order chi connectivity index (χ1) is 8.30. The van der Waals surface area contributed by atoms with Crippen LogP contribution in [0.25, 0.3) is 0 Å². The maximum absolute atomic E-state index is 11.9. The fraction of sp³-hybridized carbons (Fsp3) is 0.929. The molecule has 0 bridgehead atoms. The number of likely N-dealkylation sites (tertiary alicyclic amines) is 1. The van der Waals surface area contributed by atoms with Crippen LogP contribution in [-0.4, -0.2) is 41.9 Å². The van der Waals surface area contributed by atoms with Gasteiger partial charge in [0.15, 0.2) is 0 Å². The average molecular weight is 255 g/mol. The van der Waals surface area contributed by atoms with Crippen molar-refractivity contribution in [3.63, 3.8) is 0 Å². The van der Waals surface area contributed by atoms with Gasteiger partial charge in [-0.2, -0.15) is 0 Å². The Hall–Kier alpha value is -0.770. The molecule has 0 N–H and O–H groups in total. The van der Waals surface area contributed by atoms with Gasteiger partial charge in [0.25, 0.3) is 0 Å². The highest BCUT2D eigenvalue weighted by Crippen LogP contribution is 2.38. The van der Waals surface area contributed by atoms with E-state index in [2.05, 4.69) is 6.92 Å². The van der Waals surface area contributed by atoms with E-state index in [0.717, 1.165) is 39.0 Å². The molecule has 2 rings (SSSR count). The summed E-state index contributed by atoms with van der Waals surface area (Å²) in [7, 11) is 0. The lowest BCUT2D eigenvalue weighted by Crippen LogP contribution is -2.47. The minimum atomic E-state index is -0.412. The molecule has 1 atom stereocenters.